The van der Waals surface area contributed by atoms with Crippen LogP contribution in [0.15, 0.2) is 18.3 Å². The normalized spacial score (nSPS) is 19.4. The maximum atomic E-state index is 12.5. The number of hydrogen-bond donors (Lipinski definition) is 1. The first kappa shape index (κ1) is 14.6. The maximum absolute atomic E-state index is 12.5. The summed E-state index contributed by atoms with van der Waals surface area (Å²) >= 11 is 0. The molecule has 0 spiro atoms. The molecule has 1 atom stereocenters. The minimum absolute atomic E-state index is 0.0672. The first-order chi connectivity index (χ1) is 9.49. The molecule has 6 nitrogen and oxygen atoms in total. The van der Waals surface area contributed by atoms with Crippen LogP contribution in [-0.4, -0.2) is 52.3 Å². The molecule has 1 amide bonds. The lowest BCUT2D eigenvalue weighted by Crippen LogP contribution is -2.46. The van der Waals surface area contributed by atoms with Crippen LogP contribution in [0.4, 0.5) is 0 Å². The van der Waals surface area contributed by atoms with E-state index >= 15 is 0 Å². The van der Waals surface area contributed by atoms with Crippen molar-refractivity contribution in [1.82, 2.24) is 9.47 Å². The number of amides is 1. The van der Waals surface area contributed by atoms with Crippen LogP contribution in [0, 0.1) is 0 Å². The molecule has 1 fully saturated rings. The molecule has 0 aromatic carbocycles. The van der Waals surface area contributed by atoms with E-state index in [1.807, 2.05) is 30.7 Å². The SMILES string of the molecule is CC(C)n1cccc1C(=O)N1CCOC(CC(=O)O)C1. The van der Waals surface area contributed by atoms with Crippen molar-refractivity contribution in [2.45, 2.75) is 32.4 Å². The zero-order valence-corrected chi connectivity index (χ0v) is 11.8. The topological polar surface area (TPSA) is 71.8 Å². The Balaban J connectivity index is 2.08. The molecule has 110 valence electrons. The number of carbonyl (C=O) groups excluding carboxylic acids is 1. The fraction of sp³-hybridized carbons (Fsp3) is 0.571. The van der Waals surface area contributed by atoms with Crippen molar-refractivity contribution in [1.29, 1.82) is 0 Å². The zero-order valence-electron chi connectivity index (χ0n) is 11.8. The van der Waals surface area contributed by atoms with Crippen molar-refractivity contribution in [2.24, 2.45) is 0 Å². The van der Waals surface area contributed by atoms with Crippen LogP contribution >= 0.6 is 0 Å². The molecule has 1 aliphatic heterocycles. The van der Waals surface area contributed by atoms with Gasteiger partial charge in [0.05, 0.1) is 19.1 Å². The quantitative estimate of drug-likeness (QED) is 0.904. The summed E-state index contributed by atoms with van der Waals surface area (Å²) in [4.78, 5) is 24.9. The van der Waals surface area contributed by atoms with Crippen LogP contribution in [0.5, 0.6) is 0 Å². The highest BCUT2D eigenvalue weighted by atomic mass is 16.5. The van der Waals surface area contributed by atoms with Gasteiger partial charge in [0.15, 0.2) is 0 Å². The number of carbonyl (C=O) groups is 2. The summed E-state index contributed by atoms with van der Waals surface area (Å²) in [5.41, 5.74) is 0.635. The molecule has 1 N–H and O–H groups in total. The van der Waals surface area contributed by atoms with Gasteiger partial charge in [0.2, 0.25) is 0 Å². The molecule has 1 saturated heterocycles. The molecule has 0 bridgehead atoms. The van der Waals surface area contributed by atoms with Crippen molar-refractivity contribution in [3.63, 3.8) is 0 Å². The maximum Gasteiger partial charge on any atom is 0.306 e. The number of rotatable bonds is 4. The van der Waals surface area contributed by atoms with Gasteiger partial charge in [-0.05, 0) is 26.0 Å². The van der Waals surface area contributed by atoms with Gasteiger partial charge in [0.1, 0.15) is 5.69 Å². The van der Waals surface area contributed by atoms with Crippen LogP contribution in [-0.2, 0) is 9.53 Å². The van der Waals surface area contributed by atoms with Gasteiger partial charge in [-0.25, -0.2) is 0 Å². The van der Waals surface area contributed by atoms with Crippen molar-refractivity contribution in [3.05, 3.63) is 24.0 Å². The summed E-state index contributed by atoms with van der Waals surface area (Å²) in [7, 11) is 0. The van der Waals surface area contributed by atoms with Gasteiger partial charge in [-0.2, -0.15) is 0 Å². The van der Waals surface area contributed by atoms with Gasteiger partial charge in [0, 0.05) is 25.3 Å². The third-order valence-corrected chi connectivity index (χ3v) is 3.38. The summed E-state index contributed by atoms with van der Waals surface area (Å²) in [5, 5.41) is 8.80. The molecule has 0 aliphatic carbocycles. The van der Waals surface area contributed by atoms with Crippen LogP contribution < -0.4 is 0 Å². The molecule has 1 aromatic heterocycles. The molecule has 20 heavy (non-hydrogen) atoms. The number of nitrogens with zero attached hydrogens (tertiary/aromatic N) is 2. The molecular weight excluding hydrogens is 260 g/mol. The van der Waals surface area contributed by atoms with Crippen molar-refractivity contribution < 1.29 is 19.4 Å². The van der Waals surface area contributed by atoms with Crippen molar-refractivity contribution >= 4 is 11.9 Å². The van der Waals surface area contributed by atoms with Gasteiger partial charge in [0.25, 0.3) is 5.91 Å². The fourth-order valence-corrected chi connectivity index (χ4v) is 2.41. The average molecular weight is 280 g/mol. The van der Waals surface area contributed by atoms with E-state index in [9.17, 15) is 9.59 Å². The highest BCUT2D eigenvalue weighted by Gasteiger charge is 2.28. The number of aromatic nitrogens is 1. The predicted octanol–water partition coefficient (Wildman–Crippen LogP) is 1.38. The van der Waals surface area contributed by atoms with E-state index in [1.54, 1.807) is 11.0 Å². The summed E-state index contributed by atoms with van der Waals surface area (Å²) in [5.74, 6) is -0.975. The molecular formula is C14H20N2O4. The first-order valence-electron chi connectivity index (χ1n) is 6.78. The molecule has 1 unspecified atom stereocenters. The lowest BCUT2D eigenvalue weighted by atomic mass is 10.2. The van der Waals surface area contributed by atoms with Crippen LogP contribution in [0.1, 0.15) is 36.8 Å². The van der Waals surface area contributed by atoms with E-state index in [1.165, 1.54) is 0 Å². The minimum atomic E-state index is -0.908. The third kappa shape index (κ3) is 3.19. The van der Waals surface area contributed by atoms with E-state index in [0.29, 0.717) is 25.4 Å². The Morgan fingerprint density at radius 3 is 2.90 bits per heavy atom. The predicted molar refractivity (Wildman–Crippen MR) is 72.7 cm³/mol. The van der Waals surface area contributed by atoms with Crippen molar-refractivity contribution in [3.8, 4) is 0 Å². The highest BCUT2D eigenvalue weighted by molar-refractivity contribution is 5.93. The second-order valence-electron chi connectivity index (χ2n) is 5.24. The molecule has 2 rings (SSSR count). The minimum Gasteiger partial charge on any atom is -0.481 e. The van der Waals surface area contributed by atoms with E-state index < -0.39 is 12.1 Å². The molecule has 0 saturated carbocycles. The smallest absolute Gasteiger partial charge is 0.306 e. The van der Waals surface area contributed by atoms with E-state index in [2.05, 4.69) is 0 Å². The van der Waals surface area contributed by atoms with Crippen LogP contribution in [0.2, 0.25) is 0 Å². The lowest BCUT2D eigenvalue weighted by Gasteiger charge is -2.32. The Labute approximate surface area is 117 Å². The fourth-order valence-electron chi connectivity index (χ4n) is 2.41. The van der Waals surface area contributed by atoms with Gasteiger partial charge < -0.3 is 19.3 Å². The summed E-state index contributed by atoms with van der Waals surface area (Å²) in [6.07, 6.45) is 1.38. The number of hydrogen-bond acceptors (Lipinski definition) is 3. The first-order valence-corrected chi connectivity index (χ1v) is 6.78. The Kier molecular flexibility index (Phi) is 4.44. The van der Waals surface area contributed by atoms with Gasteiger partial charge >= 0.3 is 5.97 Å². The van der Waals surface area contributed by atoms with Crippen LogP contribution in [0.25, 0.3) is 0 Å². The summed E-state index contributed by atoms with van der Waals surface area (Å²) in [6.45, 7) is 5.24. The van der Waals surface area contributed by atoms with Crippen molar-refractivity contribution in [2.75, 3.05) is 19.7 Å². The molecule has 0 radical (unpaired) electrons. The lowest BCUT2D eigenvalue weighted by molar-refractivity contribution is -0.141. The van der Waals surface area contributed by atoms with Gasteiger partial charge in [-0.3, -0.25) is 9.59 Å². The second kappa shape index (κ2) is 6.09. The Bertz CT molecular complexity index is 495. The van der Waals surface area contributed by atoms with Gasteiger partial charge in [-0.1, -0.05) is 0 Å². The molecule has 1 aliphatic rings. The zero-order chi connectivity index (χ0) is 14.7. The Morgan fingerprint density at radius 2 is 2.25 bits per heavy atom. The molecule has 2 heterocycles. The number of ether oxygens (including phenoxy) is 1. The Hall–Kier alpha value is -1.82. The number of carboxylic acid groups (broad SMARTS) is 1. The number of carboxylic acids is 1. The summed E-state index contributed by atoms with van der Waals surface area (Å²) in [6, 6.07) is 3.85. The number of aliphatic carboxylic acids is 1. The van der Waals surface area contributed by atoms with E-state index in [-0.39, 0.29) is 18.4 Å². The second-order valence-corrected chi connectivity index (χ2v) is 5.24. The van der Waals surface area contributed by atoms with E-state index in [0.717, 1.165) is 0 Å². The monoisotopic (exact) mass is 280 g/mol. The standard InChI is InChI=1S/C14H20N2O4/c1-10(2)16-5-3-4-12(16)14(19)15-6-7-20-11(9-15)8-13(17)18/h3-5,10-11H,6-9H2,1-2H3,(H,17,18). The largest absolute Gasteiger partial charge is 0.481 e. The Morgan fingerprint density at radius 1 is 1.50 bits per heavy atom. The van der Waals surface area contributed by atoms with Crippen LogP contribution in [0.3, 0.4) is 0 Å². The molecule has 1 aromatic rings. The average Bonchev–Trinajstić information content (AvgIpc) is 2.86. The van der Waals surface area contributed by atoms with Gasteiger partial charge in [-0.15, -0.1) is 0 Å². The highest BCUT2D eigenvalue weighted by Crippen LogP contribution is 2.16. The molecule has 6 heteroatoms. The van der Waals surface area contributed by atoms with E-state index in [4.69, 9.17) is 9.84 Å². The number of morpholine rings is 1. The summed E-state index contributed by atoms with van der Waals surface area (Å²) < 4.78 is 7.30. The third-order valence-electron chi connectivity index (χ3n) is 3.38.